The predicted molar refractivity (Wildman–Crippen MR) is 148 cm³/mol. The Morgan fingerprint density at radius 2 is 1.57 bits per heavy atom. The molecular formula is C32H44N2O3. The lowest BCUT2D eigenvalue weighted by molar-refractivity contribution is -0.140. The second kappa shape index (κ2) is 15.4. The van der Waals surface area contributed by atoms with Gasteiger partial charge in [0.25, 0.3) is 0 Å². The SMILES string of the molecule is CCCCCCC[C@]1(C#N)CC[C@H](C(=O)Oc2ccc(-c3ccc(OCCCCCC)cn3)cc2)CC1. The lowest BCUT2D eigenvalue weighted by Gasteiger charge is -2.34. The molecular weight excluding hydrogens is 460 g/mol. The lowest BCUT2D eigenvalue weighted by atomic mass is 9.69. The van der Waals surface area contributed by atoms with Gasteiger partial charge in [-0.15, -0.1) is 0 Å². The molecule has 0 amide bonds. The van der Waals surface area contributed by atoms with Gasteiger partial charge in [0.15, 0.2) is 0 Å². The molecule has 0 atom stereocenters. The second-order valence-corrected chi connectivity index (χ2v) is 10.6. The fourth-order valence-electron chi connectivity index (χ4n) is 5.14. The highest BCUT2D eigenvalue weighted by Gasteiger charge is 2.37. The van der Waals surface area contributed by atoms with Crippen LogP contribution >= 0.6 is 0 Å². The van der Waals surface area contributed by atoms with E-state index in [2.05, 4.69) is 24.9 Å². The summed E-state index contributed by atoms with van der Waals surface area (Å²) in [6.45, 7) is 5.14. The number of carbonyl (C=O) groups excluding carboxylic acids is 1. The van der Waals surface area contributed by atoms with Gasteiger partial charge in [0.1, 0.15) is 11.5 Å². The average Bonchev–Trinajstić information content (AvgIpc) is 2.94. The van der Waals surface area contributed by atoms with Crippen LogP contribution in [0.25, 0.3) is 11.3 Å². The fraction of sp³-hybridized carbons (Fsp3) is 0.594. The molecule has 3 rings (SSSR count). The van der Waals surface area contributed by atoms with Crippen LogP contribution in [-0.2, 0) is 4.79 Å². The molecule has 0 spiro atoms. The standard InChI is InChI=1S/C32H44N2O3/c1-3-5-7-9-10-20-32(25-33)21-18-27(19-22-32)31(35)37-28-14-12-26(13-15-28)30-17-16-29(24-34-30)36-23-11-8-6-4-2/h12-17,24,27H,3-11,18-23H2,1-2H3/t27-,32-. The molecule has 5 nitrogen and oxygen atoms in total. The number of unbranched alkanes of at least 4 members (excludes halogenated alkanes) is 7. The first-order chi connectivity index (χ1) is 18.1. The van der Waals surface area contributed by atoms with Gasteiger partial charge < -0.3 is 9.47 Å². The largest absolute Gasteiger partial charge is 0.492 e. The zero-order valence-electron chi connectivity index (χ0n) is 22.8. The monoisotopic (exact) mass is 504 g/mol. The molecule has 0 bridgehead atoms. The number of nitrogens with zero attached hydrogens (tertiary/aromatic N) is 2. The number of esters is 1. The quantitative estimate of drug-likeness (QED) is 0.138. The van der Waals surface area contributed by atoms with E-state index in [1.165, 1.54) is 44.9 Å². The predicted octanol–water partition coefficient (Wildman–Crippen LogP) is 8.67. The summed E-state index contributed by atoms with van der Waals surface area (Å²) in [6.07, 6.45) is 16.5. The molecule has 5 heteroatoms. The van der Waals surface area contributed by atoms with Crippen LogP contribution < -0.4 is 9.47 Å². The Hall–Kier alpha value is -2.87. The van der Waals surface area contributed by atoms with Gasteiger partial charge in [-0.1, -0.05) is 65.2 Å². The molecule has 1 heterocycles. The maximum absolute atomic E-state index is 12.8. The minimum Gasteiger partial charge on any atom is -0.492 e. The zero-order valence-corrected chi connectivity index (χ0v) is 22.8. The van der Waals surface area contributed by atoms with E-state index in [0.29, 0.717) is 5.75 Å². The summed E-state index contributed by atoms with van der Waals surface area (Å²) < 4.78 is 11.5. The summed E-state index contributed by atoms with van der Waals surface area (Å²) in [6, 6.07) is 14.0. The molecule has 1 saturated carbocycles. The third-order valence-electron chi connectivity index (χ3n) is 7.64. The Bertz CT molecular complexity index is 971. The maximum atomic E-state index is 12.8. The molecule has 1 aliphatic carbocycles. The third-order valence-corrected chi connectivity index (χ3v) is 7.64. The van der Waals surface area contributed by atoms with Gasteiger partial charge >= 0.3 is 5.97 Å². The van der Waals surface area contributed by atoms with E-state index in [9.17, 15) is 10.1 Å². The molecule has 0 saturated heterocycles. The number of hydrogen-bond donors (Lipinski definition) is 0. The topological polar surface area (TPSA) is 72.2 Å². The number of rotatable bonds is 15. The van der Waals surface area contributed by atoms with E-state index < -0.39 is 0 Å². The van der Waals surface area contributed by atoms with Gasteiger partial charge in [0, 0.05) is 5.56 Å². The smallest absolute Gasteiger partial charge is 0.314 e. The van der Waals surface area contributed by atoms with Crippen molar-refractivity contribution in [1.82, 2.24) is 4.98 Å². The first kappa shape index (κ1) is 28.7. The van der Waals surface area contributed by atoms with Crippen LogP contribution in [0.4, 0.5) is 0 Å². The number of nitriles is 1. The van der Waals surface area contributed by atoms with Crippen LogP contribution in [0.1, 0.15) is 104 Å². The molecule has 0 unspecified atom stereocenters. The molecule has 1 aromatic heterocycles. The van der Waals surface area contributed by atoms with Crippen molar-refractivity contribution in [2.24, 2.45) is 11.3 Å². The Morgan fingerprint density at radius 1 is 0.919 bits per heavy atom. The number of benzene rings is 1. The molecule has 1 fully saturated rings. The highest BCUT2D eigenvalue weighted by molar-refractivity contribution is 5.75. The van der Waals surface area contributed by atoms with Gasteiger partial charge in [0.2, 0.25) is 0 Å². The number of carbonyl (C=O) groups is 1. The van der Waals surface area contributed by atoms with Crippen molar-refractivity contribution < 1.29 is 14.3 Å². The van der Waals surface area contributed by atoms with Crippen molar-refractivity contribution in [2.75, 3.05) is 6.61 Å². The summed E-state index contributed by atoms with van der Waals surface area (Å²) in [5, 5.41) is 9.83. The minimum atomic E-state index is -0.257. The van der Waals surface area contributed by atoms with Gasteiger partial charge in [-0.3, -0.25) is 9.78 Å². The summed E-state index contributed by atoms with van der Waals surface area (Å²) in [5.74, 6) is 1.03. The average molecular weight is 505 g/mol. The molecule has 2 aromatic rings. The van der Waals surface area contributed by atoms with Gasteiger partial charge in [0.05, 0.1) is 35.9 Å². The Balaban J connectivity index is 1.44. The van der Waals surface area contributed by atoms with E-state index >= 15 is 0 Å². The van der Waals surface area contributed by atoms with Crippen LogP contribution in [-0.4, -0.2) is 17.6 Å². The summed E-state index contributed by atoms with van der Waals surface area (Å²) in [4.78, 5) is 17.3. The number of hydrogen-bond acceptors (Lipinski definition) is 5. The Kier molecular flexibility index (Phi) is 11.9. The molecule has 0 radical (unpaired) electrons. The minimum absolute atomic E-state index is 0.127. The Labute approximate surface area is 223 Å². The van der Waals surface area contributed by atoms with E-state index in [1.807, 2.05) is 36.4 Å². The molecule has 0 aliphatic heterocycles. The molecule has 0 N–H and O–H groups in total. The van der Waals surface area contributed by atoms with Crippen molar-refractivity contribution in [1.29, 1.82) is 5.26 Å². The van der Waals surface area contributed by atoms with Crippen LogP contribution in [0.5, 0.6) is 11.5 Å². The van der Waals surface area contributed by atoms with E-state index in [1.54, 1.807) is 6.20 Å². The summed E-state index contributed by atoms with van der Waals surface area (Å²) in [7, 11) is 0. The van der Waals surface area contributed by atoms with Crippen LogP contribution in [0.2, 0.25) is 0 Å². The van der Waals surface area contributed by atoms with Crippen molar-refractivity contribution in [2.45, 2.75) is 104 Å². The Morgan fingerprint density at radius 3 is 2.19 bits per heavy atom. The second-order valence-electron chi connectivity index (χ2n) is 10.6. The molecule has 1 aliphatic rings. The van der Waals surface area contributed by atoms with Crippen molar-refractivity contribution in [3.8, 4) is 28.8 Å². The normalized spacial score (nSPS) is 19.2. The zero-order chi connectivity index (χ0) is 26.3. The van der Waals surface area contributed by atoms with Crippen molar-refractivity contribution >= 4 is 5.97 Å². The highest BCUT2D eigenvalue weighted by atomic mass is 16.5. The van der Waals surface area contributed by atoms with Crippen molar-refractivity contribution in [3.63, 3.8) is 0 Å². The third kappa shape index (κ3) is 9.18. The molecule has 37 heavy (non-hydrogen) atoms. The number of aromatic nitrogens is 1. The first-order valence-electron chi connectivity index (χ1n) is 14.4. The van der Waals surface area contributed by atoms with Crippen LogP contribution in [0.15, 0.2) is 42.6 Å². The number of ether oxygens (including phenoxy) is 2. The van der Waals surface area contributed by atoms with Crippen molar-refractivity contribution in [3.05, 3.63) is 42.6 Å². The van der Waals surface area contributed by atoms with Crippen LogP contribution in [0.3, 0.4) is 0 Å². The van der Waals surface area contributed by atoms with E-state index in [-0.39, 0.29) is 17.3 Å². The molecule has 1 aromatic carbocycles. The van der Waals surface area contributed by atoms with E-state index in [4.69, 9.17) is 9.47 Å². The van der Waals surface area contributed by atoms with Gasteiger partial charge in [-0.05, 0) is 74.9 Å². The maximum Gasteiger partial charge on any atom is 0.314 e. The highest BCUT2D eigenvalue weighted by Crippen LogP contribution is 2.43. The van der Waals surface area contributed by atoms with Gasteiger partial charge in [-0.2, -0.15) is 5.26 Å². The first-order valence-corrected chi connectivity index (χ1v) is 14.4. The summed E-state index contributed by atoms with van der Waals surface area (Å²) >= 11 is 0. The van der Waals surface area contributed by atoms with Crippen LogP contribution in [0, 0.1) is 22.7 Å². The van der Waals surface area contributed by atoms with E-state index in [0.717, 1.165) is 68.6 Å². The lowest BCUT2D eigenvalue weighted by Crippen LogP contribution is -2.31. The fourth-order valence-corrected chi connectivity index (χ4v) is 5.14. The molecule has 200 valence electrons. The summed E-state index contributed by atoms with van der Waals surface area (Å²) in [5.41, 5.74) is 1.56. The number of pyridine rings is 1. The van der Waals surface area contributed by atoms with Gasteiger partial charge in [-0.25, -0.2) is 0 Å².